The third kappa shape index (κ3) is 3.80. The number of nitrogens with two attached hydrogens (primary N) is 1. The molecule has 1 aromatic rings. The Morgan fingerprint density at radius 3 is 2.67 bits per heavy atom. The molecule has 3 nitrogen and oxygen atoms in total. The largest absolute Gasteiger partial charge is 0.463 e. The zero-order valence-electron chi connectivity index (χ0n) is 9.62. The highest BCUT2D eigenvalue weighted by atomic mass is 19.4. The van der Waals surface area contributed by atoms with Crippen LogP contribution in [0.15, 0.2) is 30.3 Å². The number of benzene rings is 1. The van der Waals surface area contributed by atoms with E-state index in [-0.39, 0.29) is 17.9 Å². The van der Waals surface area contributed by atoms with Crippen molar-refractivity contribution in [2.75, 3.05) is 6.61 Å². The fourth-order valence-electron chi connectivity index (χ4n) is 1.27. The van der Waals surface area contributed by atoms with E-state index in [2.05, 4.69) is 4.74 Å². The standard InChI is InChI=1S/C12H12F3NO2/c1-2-18-11(17)7-10(16)8-4-3-5-9(6-8)12(13,14)15/h3-7H,2,16H2,1H3/b10-7-. The molecule has 0 aromatic heterocycles. The lowest BCUT2D eigenvalue weighted by Gasteiger charge is -2.08. The summed E-state index contributed by atoms with van der Waals surface area (Å²) >= 11 is 0. The first-order chi connectivity index (χ1) is 8.34. The van der Waals surface area contributed by atoms with Crippen LogP contribution in [0.25, 0.3) is 5.70 Å². The van der Waals surface area contributed by atoms with Crippen molar-refractivity contribution in [3.63, 3.8) is 0 Å². The molecule has 0 aliphatic rings. The van der Waals surface area contributed by atoms with Crippen LogP contribution >= 0.6 is 0 Å². The number of esters is 1. The first kappa shape index (κ1) is 14.1. The molecule has 0 spiro atoms. The van der Waals surface area contributed by atoms with Crippen molar-refractivity contribution in [3.8, 4) is 0 Å². The average Bonchev–Trinajstić information content (AvgIpc) is 2.28. The van der Waals surface area contributed by atoms with Gasteiger partial charge in [-0.05, 0) is 24.6 Å². The van der Waals surface area contributed by atoms with E-state index in [1.807, 2.05) is 0 Å². The lowest BCUT2D eigenvalue weighted by atomic mass is 10.1. The maximum absolute atomic E-state index is 12.5. The molecule has 1 rings (SSSR count). The van der Waals surface area contributed by atoms with Crippen molar-refractivity contribution in [1.29, 1.82) is 0 Å². The van der Waals surface area contributed by atoms with Gasteiger partial charge in [0.25, 0.3) is 0 Å². The van der Waals surface area contributed by atoms with E-state index in [4.69, 9.17) is 5.73 Å². The van der Waals surface area contributed by atoms with Crippen LogP contribution in [0.1, 0.15) is 18.1 Å². The second-order valence-corrected chi connectivity index (χ2v) is 3.43. The third-order valence-corrected chi connectivity index (χ3v) is 2.08. The van der Waals surface area contributed by atoms with Gasteiger partial charge >= 0.3 is 12.1 Å². The van der Waals surface area contributed by atoms with Crippen molar-refractivity contribution in [2.24, 2.45) is 5.73 Å². The summed E-state index contributed by atoms with van der Waals surface area (Å²) in [6.07, 6.45) is -3.49. The maximum atomic E-state index is 12.5. The van der Waals surface area contributed by atoms with Gasteiger partial charge in [-0.25, -0.2) is 4.79 Å². The Balaban J connectivity index is 3.00. The van der Waals surface area contributed by atoms with Gasteiger partial charge in [0.05, 0.1) is 12.2 Å². The summed E-state index contributed by atoms with van der Waals surface area (Å²) in [5.41, 5.74) is 4.77. The molecule has 0 aliphatic carbocycles. The van der Waals surface area contributed by atoms with Crippen LogP contribution in [0.3, 0.4) is 0 Å². The molecule has 2 N–H and O–H groups in total. The minimum absolute atomic E-state index is 0.0699. The Morgan fingerprint density at radius 1 is 1.44 bits per heavy atom. The van der Waals surface area contributed by atoms with Gasteiger partial charge in [-0.15, -0.1) is 0 Å². The molecule has 0 bridgehead atoms. The Bertz CT molecular complexity index is 467. The highest BCUT2D eigenvalue weighted by molar-refractivity contribution is 5.90. The number of hydrogen-bond acceptors (Lipinski definition) is 3. The van der Waals surface area contributed by atoms with Gasteiger partial charge in [-0.3, -0.25) is 0 Å². The van der Waals surface area contributed by atoms with Gasteiger partial charge in [0.2, 0.25) is 0 Å². The summed E-state index contributed by atoms with van der Waals surface area (Å²) in [6.45, 7) is 1.79. The van der Waals surface area contributed by atoms with Gasteiger partial charge in [0, 0.05) is 11.8 Å². The van der Waals surface area contributed by atoms with Crippen LogP contribution < -0.4 is 5.73 Å². The maximum Gasteiger partial charge on any atom is 0.416 e. The van der Waals surface area contributed by atoms with Crippen LogP contribution in [-0.4, -0.2) is 12.6 Å². The highest BCUT2D eigenvalue weighted by Crippen LogP contribution is 2.30. The third-order valence-electron chi connectivity index (χ3n) is 2.08. The predicted molar refractivity (Wildman–Crippen MR) is 60.2 cm³/mol. The molecule has 0 fully saturated rings. The Morgan fingerprint density at radius 2 is 2.11 bits per heavy atom. The minimum Gasteiger partial charge on any atom is -0.463 e. The van der Waals surface area contributed by atoms with Crippen LogP contribution in [0.2, 0.25) is 0 Å². The molecule has 6 heteroatoms. The number of hydrogen-bond donors (Lipinski definition) is 1. The molecule has 0 saturated carbocycles. The summed E-state index contributed by atoms with van der Waals surface area (Å²) in [4.78, 5) is 11.1. The van der Waals surface area contributed by atoms with Crippen LogP contribution in [0.5, 0.6) is 0 Å². The summed E-state index contributed by atoms with van der Waals surface area (Å²) < 4.78 is 42.0. The molecule has 98 valence electrons. The molecule has 0 unspecified atom stereocenters. The lowest BCUT2D eigenvalue weighted by molar-refractivity contribution is -0.138. The minimum atomic E-state index is -4.44. The monoisotopic (exact) mass is 259 g/mol. The van der Waals surface area contributed by atoms with Crippen molar-refractivity contribution < 1.29 is 22.7 Å². The summed E-state index contributed by atoms with van der Waals surface area (Å²) in [5.74, 6) is -0.688. The van der Waals surface area contributed by atoms with Crippen LogP contribution in [0, 0.1) is 0 Å². The Labute approximate surface area is 102 Å². The first-order valence-electron chi connectivity index (χ1n) is 5.16. The molecule has 0 radical (unpaired) electrons. The van der Waals surface area contributed by atoms with Crippen molar-refractivity contribution >= 4 is 11.7 Å². The van der Waals surface area contributed by atoms with Crippen molar-refractivity contribution in [1.82, 2.24) is 0 Å². The second kappa shape index (κ2) is 5.57. The number of halogens is 3. The quantitative estimate of drug-likeness (QED) is 0.670. The summed E-state index contributed by atoms with van der Waals surface area (Å²) in [5, 5.41) is 0. The highest BCUT2D eigenvalue weighted by Gasteiger charge is 2.30. The number of rotatable bonds is 3. The van der Waals surface area contributed by atoms with Crippen molar-refractivity contribution in [2.45, 2.75) is 13.1 Å². The van der Waals surface area contributed by atoms with E-state index in [0.717, 1.165) is 18.2 Å². The molecule has 18 heavy (non-hydrogen) atoms. The topological polar surface area (TPSA) is 52.3 Å². The zero-order valence-corrected chi connectivity index (χ0v) is 9.62. The van der Waals surface area contributed by atoms with Gasteiger partial charge in [-0.2, -0.15) is 13.2 Å². The number of ether oxygens (including phenoxy) is 1. The molecule has 0 atom stereocenters. The van der Waals surface area contributed by atoms with Gasteiger partial charge in [0.15, 0.2) is 0 Å². The molecule has 0 saturated heterocycles. The van der Waals surface area contributed by atoms with Crippen LogP contribution in [-0.2, 0) is 15.7 Å². The van der Waals surface area contributed by atoms with Gasteiger partial charge in [0.1, 0.15) is 0 Å². The molecule has 0 amide bonds. The molecule has 0 heterocycles. The van der Waals surface area contributed by atoms with E-state index in [9.17, 15) is 18.0 Å². The number of carbonyl (C=O) groups excluding carboxylic acids is 1. The average molecular weight is 259 g/mol. The summed E-state index contributed by atoms with van der Waals surface area (Å²) in [7, 11) is 0. The number of alkyl halides is 3. The fourth-order valence-corrected chi connectivity index (χ4v) is 1.27. The van der Waals surface area contributed by atoms with Gasteiger partial charge in [-0.1, -0.05) is 12.1 Å². The molecule has 0 aliphatic heterocycles. The number of carbonyl (C=O) groups is 1. The Hall–Kier alpha value is -1.98. The SMILES string of the molecule is CCOC(=O)/C=C(\N)c1cccc(C(F)(F)F)c1. The van der Waals surface area contributed by atoms with E-state index in [1.54, 1.807) is 6.92 Å². The van der Waals surface area contributed by atoms with Crippen LogP contribution in [0.4, 0.5) is 13.2 Å². The zero-order chi connectivity index (χ0) is 13.8. The summed E-state index contributed by atoms with van der Waals surface area (Å²) in [6, 6.07) is 4.43. The smallest absolute Gasteiger partial charge is 0.416 e. The van der Waals surface area contributed by atoms with E-state index in [0.29, 0.717) is 0 Å². The fraction of sp³-hybridized carbons (Fsp3) is 0.250. The second-order valence-electron chi connectivity index (χ2n) is 3.43. The van der Waals surface area contributed by atoms with E-state index in [1.165, 1.54) is 12.1 Å². The molecular weight excluding hydrogens is 247 g/mol. The normalized spacial score (nSPS) is 12.3. The lowest BCUT2D eigenvalue weighted by Crippen LogP contribution is -2.08. The molecule has 1 aromatic carbocycles. The van der Waals surface area contributed by atoms with E-state index >= 15 is 0 Å². The molecular formula is C12H12F3NO2. The van der Waals surface area contributed by atoms with E-state index < -0.39 is 17.7 Å². The van der Waals surface area contributed by atoms with Gasteiger partial charge < -0.3 is 10.5 Å². The van der Waals surface area contributed by atoms with Crippen molar-refractivity contribution in [3.05, 3.63) is 41.5 Å². The predicted octanol–water partition coefficient (Wildman–Crippen LogP) is 2.57. The first-order valence-corrected chi connectivity index (χ1v) is 5.16. The Kier molecular flexibility index (Phi) is 4.36.